The molecule has 1 heterocycles. The molecule has 2 aliphatic rings. The summed E-state index contributed by atoms with van der Waals surface area (Å²) >= 11 is 0. The van der Waals surface area contributed by atoms with Crippen LogP contribution in [0.15, 0.2) is 0 Å². The van der Waals surface area contributed by atoms with E-state index >= 15 is 0 Å². The average Bonchev–Trinajstić information content (AvgIpc) is 2.69. The summed E-state index contributed by atoms with van der Waals surface area (Å²) in [5.41, 5.74) is 4.47. The molecule has 0 spiro atoms. The van der Waals surface area contributed by atoms with Crippen molar-refractivity contribution in [1.82, 2.24) is 9.78 Å². The third-order valence-corrected chi connectivity index (χ3v) is 4.33. The number of aromatic nitrogens is 2. The van der Waals surface area contributed by atoms with E-state index in [0.717, 1.165) is 0 Å². The van der Waals surface area contributed by atoms with Crippen LogP contribution in [0.25, 0.3) is 0 Å². The van der Waals surface area contributed by atoms with Crippen LogP contribution in [0.4, 0.5) is 0 Å². The fourth-order valence-electron chi connectivity index (χ4n) is 3.44. The van der Waals surface area contributed by atoms with Crippen LogP contribution in [0.2, 0.25) is 0 Å². The molecule has 0 amide bonds. The van der Waals surface area contributed by atoms with Gasteiger partial charge in [-0.15, -0.1) is 0 Å². The molecule has 0 unspecified atom stereocenters. The van der Waals surface area contributed by atoms with E-state index in [9.17, 15) is 0 Å². The van der Waals surface area contributed by atoms with Gasteiger partial charge >= 0.3 is 0 Å². The van der Waals surface area contributed by atoms with Crippen molar-refractivity contribution in [3.05, 3.63) is 17.0 Å². The SMILES string of the molecule is Cc1nn(C2CCCCC2)c2c1CCCC2. The first-order chi connectivity index (χ1) is 7.86. The van der Waals surface area contributed by atoms with Crippen molar-refractivity contribution in [2.24, 2.45) is 0 Å². The fraction of sp³-hybridized carbons (Fsp3) is 0.786. The zero-order valence-corrected chi connectivity index (χ0v) is 10.3. The van der Waals surface area contributed by atoms with E-state index in [0.29, 0.717) is 6.04 Å². The number of nitrogens with zero attached hydrogens (tertiary/aromatic N) is 2. The van der Waals surface area contributed by atoms with Gasteiger partial charge in [0.05, 0.1) is 11.7 Å². The Labute approximate surface area is 98.0 Å². The molecule has 2 heteroatoms. The van der Waals surface area contributed by atoms with Crippen LogP contribution >= 0.6 is 0 Å². The second-order valence-electron chi connectivity index (χ2n) is 5.45. The summed E-state index contributed by atoms with van der Waals surface area (Å²) in [6.45, 7) is 2.20. The van der Waals surface area contributed by atoms with E-state index in [2.05, 4.69) is 11.6 Å². The summed E-state index contributed by atoms with van der Waals surface area (Å²) in [6, 6.07) is 0.717. The molecule has 0 saturated heterocycles. The standard InChI is InChI=1S/C14H22N2/c1-11-13-9-5-6-10-14(13)16(15-11)12-7-3-2-4-8-12/h12H,2-10H2,1H3. The van der Waals surface area contributed by atoms with Gasteiger partial charge in [0, 0.05) is 5.69 Å². The maximum absolute atomic E-state index is 4.83. The molecular weight excluding hydrogens is 196 g/mol. The Morgan fingerprint density at radius 3 is 2.56 bits per heavy atom. The van der Waals surface area contributed by atoms with Gasteiger partial charge in [0.15, 0.2) is 0 Å². The molecule has 1 aromatic rings. The lowest BCUT2D eigenvalue weighted by molar-refractivity contribution is 0.319. The summed E-state index contributed by atoms with van der Waals surface area (Å²) in [6.07, 6.45) is 12.2. The molecule has 0 atom stereocenters. The molecule has 1 saturated carbocycles. The summed E-state index contributed by atoms with van der Waals surface area (Å²) in [5.74, 6) is 0. The van der Waals surface area contributed by atoms with E-state index in [1.54, 1.807) is 11.3 Å². The second kappa shape index (κ2) is 4.23. The molecule has 2 nitrogen and oxygen atoms in total. The van der Waals surface area contributed by atoms with Crippen molar-refractivity contribution in [2.45, 2.75) is 70.8 Å². The molecule has 2 aliphatic carbocycles. The highest BCUT2D eigenvalue weighted by molar-refractivity contribution is 5.28. The molecule has 0 bridgehead atoms. The van der Waals surface area contributed by atoms with Gasteiger partial charge in [0.25, 0.3) is 0 Å². The van der Waals surface area contributed by atoms with Crippen molar-refractivity contribution in [2.75, 3.05) is 0 Å². The number of aryl methyl sites for hydroxylation is 1. The molecule has 0 N–H and O–H groups in total. The van der Waals surface area contributed by atoms with Crippen LogP contribution in [-0.4, -0.2) is 9.78 Å². The lowest BCUT2D eigenvalue weighted by Crippen LogP contribution is -2.18. The van der Waals surface area contributed by atoms with Crippen LogP contribution < -0.4 is 0 Å². The van der Waals surface area contributed by atoms with Gasteiger partial charge in [-0.3, -0.25) is 4.68 Å². The van der Waals surface area contributed by atoms with Crippen LogP contribution in [0.3, 0.4) is 0 Å². The van der Waals surface area contributed by atoms with Crippen LogP contribution in [-0.2, 0) is 12.8 Å². The zero-order valence-electron chi connectivity index (χ0n) is 10.3. The van der Waals surface area contributed by atoms with Gasteiger partial charge in [-0.2, -0.15) is 5.10 Å². The highest BCUT2D eigenvalue weighted by Crippen LogP contribution is 2.32. The summed E-state index contributed by atoms with van der Waals surface area (Å²) in [4.78, 5) is 0. The number of rotatable bonds is 1. The maximum Gasteiger partial charge on any atom is 0.0628 e. The monoisotopic (exact) mass is 218 g/mol. The lowest BCUT2D eigenvalue weighted by atomic mass is 9.93. The smallest absolute Gasteiger partial charge is 0.0628 e. The maximum atomic E-state index is 4.83. The van der Waals surface area contributed by atoms with Crippen molar-refractivity contribution < 1.29 is 0 Å². The predicted octanol–water partition coefficient (Wildman–Crippen LogP) is 3.58. The second-order valence-corrected chi connectivity index (χ2v) is 5.45. The minimum absolute atomic E-state index is 0.717. The van der Waals surface area contributed by atoms with Crippen LogP contribution in [0, 0.1) is 6.92 Å². The quantitative estimate of drug-likeness (QED) is 0.704. The van der Waals surface area contributed by atoms with Gasteiger partial charge < -0.3 is 0 Å². The average molecular weight is 218 g/mol. The molecule has 1 aromatic heterocycles. The Bertz CT molecular complexity index is 372. The minimum atomic E-state index is 0.717. The largest absolute Gasteiger partial charge is 0.266 e. The van der Waals surface area contributed by atoms with Crippen molar-refractivity contribution in [1.29, 1.82) is 0 Å². The molecule has 3 rings (SSSR count). The highest BCUT2D eigenvalue weighted by atomic mass is 15.3. The molecule has 1 fully saturated rings. The van der Waals surface area contributed by atoms with Crippen LogP contribution in [0.1, 0.15) is 67.9 Å². The van der Waals surface area contributed by atoms with Gasteiger partial charge in [-0.25, -0.2) is 0 Å². The van der Waals surface area contributed by atoms with Crippen molar-refractivity contribution in [3.8, 4) is 0 Å². The summed E-state index contributed by atoms with van der Waals surface area (Å²) in [5, 5.41) is 4.83. The normalized spacial score (nSPS) is 22.1. The van der Waals surface area contributed by atoms with E-state index in [1.165, 1.54) is 63.5 Å². The van der Waals surface area contributed by atoms with Gasteiger partial charge in [0.2, 0.25) is 0 Å². The Hall–Kier alpha value is -0.790. The Kier molecular flexibility index (Phi) is 2.74. The van der Waals surface area contributed by atoms with Gasteiger partial charge in [-0.1, -0.05) is 19.3 Å². The fourth-order valence-corrected chi connectivity index (χ4v) is 3.44. The van der Waals surface area contributed by atoms with E-state index in [4.69, 9.17) is 5.10 Å². The first-order valence-corrected chi connectivity index (χ1v) is 6.93. The molecular formula is C14H22N2. The molecule has 0 aromatic carbocycles. The molecule has 88 valence electrons. The minimum Gasteiger partial charge on any atom is -0.266 e. The van der Waals surface area contributed by atoms with E-state index in [-0.39, 0.29) is 0 Å². The third-order valence-electron chi connectivity index (χ3n) is 4.33. The van der Waals surface area contributed by atoms with Crippen molar-refractivity contribution in [3.63, 3.8) is 0 Å². The third kappa shape index (κ3) is 1.68. The number of hydrogen-bond donors (Lipinski definition) is 0. The predicted molar refractivity (Wildman–Crippen MR) is 65.7 cm³/mol. The Morgan fingerprint density at radius 2 is 1.75 bits per heavy atom. The summed E-state index contributed by atoms with van der Waals surface area (Å²) < 4.78 is 2.41. The Balaban J connectivity index is 1.93. The van der Waals surface area contributed by atoms with Gasteiger partial charge in [0.1, 0.15) is 0 Å². The van der Waals surface area contributed by atoms with Crippen LogP contribution in [0.5, 0.6) is 0 Å². The van der Waals surface area contributed by atoms with E-state index < -0.39 is 0 Å². The molecule has 0 aliphatic heterocycles. The summed E-state index contributed by atoms with van der Waals surface area (Å²) in [7, 11) is 0. The number of fused-ring (bicyclic) bond motifs is 1. The topological polar surface area (TPSA) is 17.8 Å². The zero-order chi connectivity index (χ0) is 11.0. The Morgan fingerprint density at radius 1 is 1.00 bits per heavy atom. The van der Waals surface area contributed by atoms with E-state index in [1.807, 2.05) is 0 Å². The van der Waals surface area contributed by atoms with Crippen molar-refractivity contribution >= 4 is 0 Å². The molecule has 16 heavy (non-hydrogen) atoms. The van der Waals surface area contributed by atoms with Gasteiger partial charge in [-0.05, 0) is 51.0 Å². The first kappa shape index (κ1) is 10.4. The number of hydrogen-bond acceptors (Lipinski definition) is 1. The highest BCUT2D eigenvalue weighted by Gasteiger charge is 2.24. The first-order valence-electron chi connectivity index (χ1n) is 6.93. The molecule has 0 radical (unpaired) electrons. The lowest BCUT2D eigenvalue weighted by Gasteiger charge is -2.25.